The van der Waals surface area contributed by atoms with Crippen LogP contribution in [0.1, 0.15) is 0 Å². The smallest absolute Gasteiger partial charge is 0.164 e. The van der Waals surface area contributed by atoms with Gasteiger partial charge in [0.15, 0.2) is 17.5 Å². The molecule has 0 aliphatic carbocycles. The van der Waals surface area contributed by atoms with E-state index in [9.17, 15) is 0 Å². The summed E-state index contributed by atoms with van der Waals surface area (Å²) in [5, 5.41) is 6.62. The van der Waals surface area contributed by atoms with E-state index in [1.54, 1.807) is 0 Å². The summed E-state index contributed by atoms with van der Waals surface area (Å²) in [6, 6.07) is 71.5. The summed E-state index contributed by atoms with van der Waals surface area (Å²) in [5.74, 6) is 1.68. The minimum atomic E-state index is 0.547. The molecule has 6 heteroatoms. The number of aromatic nitrogens is 4. The number of para-hydroxylation sites is 3. The number of hydrogen-bond acceptors (Lipinski definition) is 5. The van der Waals surface area contributed by atoms with Crippen LogP contribution in [-0.2, 0) is 0 Å². The highest BCUT2D eigenvalue weighted by Gasteiger charge is 2.21. The molecule has 4 aromatic heterocycles. The first-order valence-electron chi connectivity index (χ1n) is 21.1. The van der Waals surface area contributed by atoms with Gasteiger partial charge in [0.05, 0.1) is 11.0 Å². The summed E-state index contributed by atoms with van der Waals surface area (Å²) in [4.78, 5) is 15.4. The van der Waals surface area contributed by atoms with Gasteiger partial charge in [-0.2, -0.15) is 0 Å². The van der Waals surface area contributed by atoms with Crippen molar-refractivity contribution in [2.45, 2.75) is 0 Å². The molecule has 0 saturated carbocycles. The van der Waals surface area contributed by atoms with E-state index in [0.29, 0.717) is 17.5 Å². The first-order valence-corrected chi connectivity index (χ1v) is 21.1. The maximum absolute atomic E-state index is 6.73. The van der Waals surface area contributed by atoms with E-state index < -0.39 is 0 Å². The monoisotopic (exact) mass is 806 g/mol. The van der Waals surface area contributed by atoms with E-state index in [1.165, 1.54) is 16.3 Å². The second-order valence-electron chi connectivity index (χ2n) is 15.9. The molecule has 0 fully saturated rings. The molecule has 294 valence electrons. The molecule has 0 aliphatic rings. The zero-order valence-electron chi connectivity index (χ0n) is 33.7. The Morgan fingerprint density at radius 3 is 1.59 bits per heavy atom. The van der Waals surface area contributed by atoms with E-state index in [4.69, 9.17) is 23.8 Å². The first kappa shape index (κ1) is 35.2. The van der Waals surface area contributed by atoms with Crippen molar-refractivity contribution < 1.29 is 8.83 Å². The third-order valence-corrected chi connectivity index (χ3v) is 12.3. The highest BCUT2D eigenvalue weighted by molar-refractivity contribution is 6.21. The first-order chi connectivity index (χ1) is 31.2. The van der Waals surface area contributed by atoms with Gasteiger partial charge >= 0.3 is 0 Å². The van der Waals surface area contributed by atoms with Crippen molar-refractivity contribution in [1.29, 1.82) is 0 Å². The van der Waals surface area contributed by atoms with Gasteiger partial charge in [0.2, 0.25) is 0 Å². The number of rotatable bonds is 6. The summed E-state index contributed by atoms with van der Waals surface area (Å²) in [6.07, 6.45) is 0. The summed E-state index contributed by atoms with van der Waals surface area (Å²) < 4.78 is 15.4. The SMILES string of the molecule is c1ccc(-c2cccc(-c3nc(-c4ccc5c(c4)oc4ccccc45)nc(-c4ccc5c(c4)oc4cccc(-c6cccc7c6c6ccccc6n7-c6ccccc6)c45)n3)c2)cc1. The summed E-state index contributed by atoms with van der Waals surface area (Å²) >= 11 is 0. The van der Waals surface area contributed by atoms with Gasteiger partial charge in [0.25, 0.3) is 0 Å². The lowest BCUT2D eigenvalue weighted by molar-refractivity contribution is 0.668. The van der Waals surface area contributed by atoms with Crippen LogP contribution in [0.25, 0.3) is 128 Å². The van der Waals surface area contributed by atoms with E-state index in [-0.39, 0.29) is 0 Å². The van der Waals surface area contributed by atoms with E-state index >= 15 is 0 Å². The molecule has 0 N–H and O–H groups in total. The van der Waals surface area contributed by atoms with Crippen molar-refractivity contribution in [3.05, 3.63) is 206 Å². The number of nitrogens with zero attached hydrogens (tertiary/aromatic N) is 4. The molecule has 0 saturated heterocycles. The van der Waals surface area contributed by atoms with Crippen molar-refractivity contribution >= 4 is 65.7 Å². The summed E-state index contributed by atoms with van der Waals surface area (Å²) in [6.45, 7) is 0. The minimum Gasteiger partial charge on any atom is -0.456 e. The highest BCUT2D eigenvalue weighted by atomic mass is 16.3. The fourth-order valence-electron chi connectivity index (χ4n) is 9.38. The largest absolute Gasteiger partial charge is 0.456 e. The van der Waals surface area contributed by atoms with Gasteiger partial charge in [-0.05, 0) is 89.0 Å². The van der Waals surface area contributed by atoms with Crippen molar-refractivity contribution in [3.63, 3.8) is 0 Å². The average Bonchev–Trinajstić information content (AvgIpc) is 4.03. The van der Waals surface area contributed by atoms with Gasteiger partial charge in [-0.25, -0.2) is 15.0 Å². The quantitative estimate of drug-likeness (QED) is 0.167. The van der Waals surface area contributed by atoms with Crippen LogP contribution in [0.4, 0.5) is 0 Å². The number of hydrogen-bond donors (Lipinski definition) is 0. The maximum Gasteiger partial charge on any atom is 0.164 e. The zero-order chi connectivity index (χ0) is 41.4. The molecule has 6 nitrogen and oxygen atoms in total. The van der Waals surface area contributed by atoms with E-state index in [1.807, 2.05) is 30.3 Å². The Bertz CT molecular complexity index is 3920. The molecule has 0 amide bonds. The molecule has 63 heavy (non-hydrogen) atoms. The van der Waals surface area contributed by atoms with Gasteiger partial charge < -0.3 is 13.4 Å². The Labute approximate surface area is 361 Å². The van der Waals surface area contributed by atoms with Crippen molar-refractivity contribution in [3.8, 4) is 62.1 Å². The minimum absolute atomic E-state index is 0.547. The third-order valence-electron chi connectivity index (χ3n) is 12.3. The lowest BCUT2D eigenvalue weighted by Gasteiger charge is -2.10. The van der Waals surface area contributed by atoms with Crippen LogP contribution in [0.5, 0.6) is 0 Å². The van der Waals surface area contributed by atoms with E-state index in [2.05, 4.69) is 180 Å². The maximum atomic E-state index is 6.73. The zero-order valence-corrected chi connectivity index (χ0v) is 33.7. The predicted molar refractivity (Wildman–Crippen MR) is 256 cm³/mol. The van der Waals surface area contributed by atoms with Gasteiger partial charge in [-0.15, -0.1) is 0 Å². The molecule has 0 unspecified atom stereocenters. The molecule has 0 radical (unpaired) electrons. The lowest BCUT2D eigenvalue weighted by atomic mass is 9.95. The molecule has 0 spiro atoms. The molecule has 4 heterocycles. The van der Waals surface area contributed by atoms with Crippen LogP contribution in [0.3, 0.4) is 0 Å². The second kappa shape index (κ2) is 14.0. The lowest BCUT2D eigenvalue weighted by Crippen LogP contribution is -2.00. The van der Waals surface area contributed by atoms with E-state index in [0.717, 1.165) is 94.0 Å². The van der Waals surface area contributed by atoms with Crippen LogP contribution < -0.4 is 0 Å². The Hall–Kier alpha value is -8.61. The van der Waals surface area contributed by atoms with Crippen molar-refractivity contribution in [2.24, 2.45) is 0 Å². The molecule has 13 rings (SSSR count). The van der Waals surface area contributed by atoms with Crippen LogP contribution >= 0.6 is 0 Å². The molecule has 0 atom stereocenters. The van der Waals surface area contributed by atoms with Crippen LogP contribution in [-0.4, -0.2) is 19.5 Å². The van der Waals surface area contributed by atoms with Crippen LogP contribution in [0.2, 0.25) is 0 Å². The van der Waals surface area contributed by atoms with Gasteiger partial charge in [-0.3, -0.25) is 0 Å². The van der Waals surface area contributed by atoms with Crippen LogP contribution in [0, 0.1) is 0 Å². The number of fused-ring (bicyclic) bond motifs is 9. The topological polar surface area (TPSA) is 69.9 Å². The van der Waals surface area contributed by atoms with Crippen LogP contribution in [0.15, 0.2) is 215 Å². The van der Waals surface area contributed by atoms with Crippen molar-refractivity contribution in [1.82, 2.24) is 19.5 Å². The summed E-state index contributed by atoms with van der Waals surface area (Å²) in [5.41, 5.74) is 13.7. The highest BCUT2D eigenvalue weighted by Crippen LogP contribution is 2.44. The third kappa shape index (κ3) is 5.69. The summed E-state index contributed by atoms with van der Waals surface area (Å²) in [7, 11) is 0. The van der Waals surface area contributed by atoms with Crippen molar-refractivity contribution in [2.75, 3.05) is 0 Å². The fraction of sp³-hybridized carbons (Fsp3) is 0. The molecule has 9 aromatic carbocycles. The van der Waals surface area contributed by atoms with Gasteiger partial charge in [0, 0.05) is 54.7 Å². The Balaban J connectivity index is 0.981. The molecule has 0 bridgehead atoms. The fourth-order valence-corrected chi connectivity index (χ4v) is 9.38. The Morgan fingerprint density at radius 1 is 0.302 bits per heavy atom. The molecule has 13 aromatic rings. The number of furan rings is 2. The normalized spacial score (nSPS) is 11.8. The Kier molecular flexibility index (Phi) is 7.80. The molecule has 0 aliphatic heterocycles. The Morgan fingerprint density at radius 2 is 0.810 bits per heavy atom. The predicted octanol–water partition coefficient (Wildman–Crippen LogP) is 15.1. The average molecular weight is 807 g/mol. The standard InChI is InChI=1S/C57H34N4O2/c1-3-14-35(15-4-1)36-16-11-17-37(32-36)55-58-56(38-28-30-42-41-20-8-10-26-49(41)62-51(42)33-38)60-57(59-55)39-29-31-46-52(34-39)63-50-27-13-23-44(54(46)50)43-22-12-25-48-53(43)45-21-7-9-24-47(45)61(48)40-18-5-2-6-19-40/h1-34H. The van der Waals surface area contributed by atoms with Gasteiger partial charge in [0.1, 0.15) is 22.3 Å². The number of benzene rings is 9. The molecular weight excluding hydrogens is 773 g/mol. The van der Waals surface area contributed by atoms with Gasteiger partial charge in [-0.1, -0.05) is 140 Å². The molecular formula is C57H34N4O2. The second-order valence-corrected chi connectivity index (χ2v) is 15.9.